The summed E-state index contributed by atoms with van der Waals surface area (Å²) in [4.78, 5) is 35.1. The van der Waals surface area contributed by atoms with Crippen LogP contribution in [0.2, 0.25) is 0 Å². The number of nitrogens with two attached hydrogens (primary N) is 1. The molecule has 2 aromatic rings. The number of nitrogens with zero attached hydrogens (tertiary/aromatic N) is 4. The van der Waals surface area contributed by atoms with Gasteiger partial charge in [-0.3, -0.25) is 33.5 Å². The molecule has 3 atom stereocenters. The molecule has 1 amide bonds. The molecule has 1 aliphatic heterocycles. The summed E-state index contributed by atoms with van der Waals surface area (Å²) < 4.78 is 29.6. The van der Waals surface area contributed by atoms with Crippen LogP contribution >= 0.6 is 7.75 Å². The van der Waals surface area contributed by atoms with Crippen LogP contribution in [-0.2, 0) is 23.1 Å². The van der Waals surface area contributed by atoms with E-state index in [1.165, 1.54) is 6.33 Å². The topological polar surface area (TPSA) is 187 Å². The fourth-order valence-corrected chi connectivity index (χ4v) is 3.71. The van der Waals surface area contributed by atoms with E-state index in [-0.39, 0.29) is 48.6 Å². The number of aromatic amines is 1. The lowest BCUT2D eigenvalue weighted by Gasteiger charge is -2.17. The highest BCUT2D eigenvalue weighted by atomic mass is 31.2. The standard InChI is InChI=1S/C17H24N7O6P/c1-10(2)15(25)22-17-21-14-13(16(26)23-17)20-9-24(14)12-5-4-11(30-12)8-29-31(19,27)28-7-3-6-18/h9-12H,3-5,7-8H2,1-2H3,(H2,19,27)(H2,21,22,23,25,26)/t11-,12+,31?/m0/s1. The SMILES string of the molecule is CC(C)C(=O)Nc1nc2c(ncn2[C@H]2CC[C@@H](COP(N)(=O)OCCC#N)O2)c(=O)[nH]1. The van der Waals surface area contributed by atoms with Gasteiger partial charge in [0.05, 0.1) is 38.1 Å². The summed E-state index contributed by atoms with van der Waals surface area (Å²) in [5, 5.41) is 11.0. The van der Waals surface area contributed by atoms with Crippen molar-refractivity contribution >= 4 is 30.8 Å². The largest absolute Gasteiger partial charge is 0.402 e. The van der Waals surface area contributed by atoms with Gasteiger partial charge < -0.3 is 4.74 Å². The quantitative estimate of drug-likeness (QED) is 0.370. The van der Waals surface area contributed by atoms with Gasteiger partial charge in [0.1, 0.15) is 6.23 Å². The number of carbonyl (C=O) groups is 1. The third-order valence-electron chi connectivity index (χ3n) is 4.52. The van der Waals surface area contributed by atoms with Crippen LogP contribution in [0.25, 0.3) is 11.2 Å². The summed E-state index contributed by atoms with van der Waals surface area (Å²) in [6.07, 6.45) is 1.72. The molecule has 31 heavy (non-hydrogen) atoms. The number of anilines is 1. The highest BCUT2D eigenvalue weighted by Gasteiger charge is 2.31. The van der Waals surface area contributed by atoms with Crippen molar-refractivity contribution in [3.8, 4) is 6.07 Å². The molecule has 3 rings (SSSR count). The predicted octanol–water partition coefficient (Wildman–Crippen LogP) is 1.41. The Kier molecular flexibility index (Phi) is 7.19. The van der Waals surface area contributed by atoms with Gasteiger partial charge in [0, 0.05) is 5.92 Å². The van der Waals surface area contributed by atoms with Crippen LogP contribution in [0, 0.1) is 17.2 Å². The number of hydrogen-bond acceptors (Lipinski definition) is 9. The Labute approximate surface area is 177 Å². The van der Waals surface area contributed by atoms with E-state index in [0.29, 0.717) is 12.8 Å². The van der Waals surface area contributed by atoms with Crippen LogP contribution in [0.15, 0.2) is 11.1 Å². The first-order chi connectivity index (χ1) is 14.7. The van der Waals surface area contributed by atoms with Gasteiger partial charge in [0.25, 0.3) is 5.56 Å². The smallest absolute Gasteiger partial charge is 0.352 e. The number of rotatable bonds is 9. The second-order valence-electron chi connectivity index (χ2n) is 7.25. The Bertz CT molecular complexity index is 1090. The third kappa shape index (κ3) is 5.75. The molecule has 2 aromatic heterocycles. The number of ether oxygens (including phenoxy) is 1. The van der Waals surface area contributed by atoms with E-state index >= 15 is 0 Å². The first-order valence-electron chi connectivity index (χ1n) is 9.68. The molecule has 4 N–H and O–H groups in total. The fraction of sp³-hybridized carbons (Fsp3) is 0.588. The average Bonchev–Trinajstić information content (AvgIpc) is 3.33. The minimum absolute atomic E-state index is 0.0226. The third-order valence-corrected chi connectivity index (χ3v) is 5.57. The monoisotopic (exact) mass is 453 g/mol. The van der Waals surface area contributed by atoms with Crippen molar-refractivity contribution in [1.82, 2.24) is 19.5 Å². The molecule has 168 valence electrons. The lowest BCUT2D eigenvalue weighted by atomic mass is 10.2. The molecule has 0 radical (unpaired) electrons. The Morgan fingerprint density at radius 1 is 1.52 bits per heavy atom. The maximum absolute atomic E-state index is 12.3. The van der Waals surface area contributed by atoms with Gasteiger partial charge in [-0.15, -0.1) is 0 Å². The van der Waals surface area contributed by atoms with Crippen LogP contribution in [-0.4, -0.2) is 44.7 Å². The van der Waals surface area contributed by atoms with Crippen molar-refractivity contribution in [2.75, 3.05) is 18.5 Å². The van der Waals surface area contributed by atoms with Crippen LogP contribution in [0.5, 0.6) is 0 Å². The van der Waals surface area contributed by atoms with Gasteiger partial charge in [-0.1, -0.05) is 13.8 Å². The Hall–Kier alpha value is -2.62. The van der Waals surface area contributed by atoms with E-state index in [4.69, 9.17) is 24.6 Å². The van der Waals surface area contributed by atoms with Crippen LogP contribution in [0.3, 0.4) is 0 Å². The molecule has 0 spiro atoms. The summed E-state index contributed by atoms with van der Waals surface area (Å²) in [5.41, 5.74) is 5.37. The zero-order valence-corrected chi connectivity index (χ0v) is 18.0. The molecule has 3 heterocycles. The highest BCUT2D eigenvalue weighted by molar-refractivity contribution is 7.51. The average molecular weight is 453 g/mol. The summed E-state index contributed by atoms with van der Waals surface area (Å²) in [6, 6.07) is 1.85. The summed E-state index contributed by atoms with van der Waals surface area (Å²) in [5.74, 6) is -0.548. The molecule has 0 aromatic carbocycles. The van der Waals surface area contributed by atoms with E-state index in [1.807, 2.05) is 6.07 Å². The van der Waals surface area contributed by atoms with E-state index in [2.05, 4.69) is 20.3 Å². The lowest BCUT2D eigenvalue weighted by molar-refractivity contribution is -0.118. The zero-order chi connectivity index (χ0) is 22.6. The van der Waals surface area contributed by atoms with Crippen molar-refractivity contribution in [3.63, 3.8) is 0 Å². The van der Waals surface area contributed by atoms with Crippen LogP contribution < -0.4 is 16.4 Å². The summed E-state index contributed by atoms with van der Waals surface area (Å²) in [6.45, 7) is 3.29. The number of fused-ring (bicyclic) bond motifs is 1. The minimum Gasteiger partial charge on any atom is -0.352 e. The second kappa shape index (κ2) is 9.67. The zero-order valence-electron chi connectivity index (χ0n) is 17.1. The number of hydrogen-bond donors (Lipinski definition) is 3. The number of carbonyl (C=O) groups excluding carboxylic acids is 1. The molecule has 13 nitrogen and oxygen atoms in total. The van der Waals surface area contributed by atoms with E-state index < -0.39 is 25.6 Å². The minimum atomic E-state index is -3.78. The van der Waals surface area contributed by atoms with E-state index in [1.54, 1.807) is 18.4 Å². The molecule has 1 saturated heterocycles. The van der Waals surface area contributed by atoms with Gasteiger partial charge in [0.2, 0.25) is 11.9 Å². The second-order valence-corrected chi connectivity index (χ2v) is 8.85. The van der Waals surface area contributed by atoms with Gasteiger partial charge in [-0.2, -0.15) is 10.2 Å². The number of H-pyrrole nitrogens is 1. The Morgan fingerprint density at radius 3 is 3.00 bits per heavy atom. The van der Waals surface area contributed by atoms with Gasteiger partial charge in [0.15, 0.2) is 11.2 Å². The highest BCUT2D eigenvalue weighted by Crippen LogP contribution is 2.40. The van der Waals surface area contributed by atoms with E-state index in [0.717, 1.165) is 0 Å². The maximum Gasteiger partial charge on any atom is 0.402 e. The van der Waals surface area contributed by atoms with Gasteiger partial charge in [-0.05, 0) is 12.8 Å². The number of amides is 1. The molecule has 0 saturated carbocycles. The number of imidazole rings is 1. The van der Waals surface area contributed by atoms with Crippen molar-refractivity contribution in [2.45, 2.75) is 45.4 Å². The molecular weight excluding hydrogens is 429 g/mol. The van der Waals surface area contributed by atoms with Crippen molar-refractivity contribution < 1.29 is 23.1 Å². The van der Waals surface area contributed by atoms with E-state index in [9.17, 15) is 14.2 Å². The first kappa shape index (κ1) is 23.1. The summed E-state index contributed by atoms with van der Waals surface area (Å²) >= 11 is 0. The fourth-order valence-electron chi connectivity index (χ4n) is 2.91. The molecule has 1 unspecified atom stereocenters. The molecule has 1 fully saturated rings. The molecule has 0 bridgehead atoms. The van der Waals surface area contributed by atoms with Gasteiger partial charge >= 0.3 is 7.75 Å². The van der Waals surface area contributed by atoms with Crippen LogP contribution in [0.4, 0.5) is 5.95 Å². The predicted molar refractivity (Wildman–Crippen MR) is 109 cm³/mol. The Morgan fingerprint density at radius 2 is 2.29 bits per heavy atom. The molecule has 0 aliphatic carbocycles. The van der Waals surface area contributed by atoms with Gasteiger partial charge in [-0.25, -0.2) is 15.1 Å². The Balaban J connectivity index is 1.68. The lowest BCUT2D eigenvalue weighted by Crippen LogP contribution is -2.22. The number of aromatic nitrogens is 4. The normalized spacial score (nSPS) is 20.6. The maximum atomic E-state index is 12.3. The molecular formula is C17H24N7O6P. The first-order valence-corrected chi connectivity index (χ1v) is 11.3. The number of nitrogens with one attached hydrogen (secondary N) is 2. The van der Waals surface area contributed by atoms with Crippen molar-refractivity contribution in [3.05, 3.63) is 16.7 Å². The summed E-state index contributed by atoms with van der Waals surface area (Å²) in [7, 11) is -3.78. The molecule has 1 aliphatic rings. The van der Waals surface area contributed by atoms with Crippen molar-refractivity contribution in [2.24, 2.45) is 11.4 Å². The molecule has 14 heteroatoms. The van der Waals surface area contributed by atoms with Crippen molar-refractivity contribution in [1.29, 1.82) is 5.26 Å². The van der Waals surface area contributed by atoms with Crippen LogP contribution in [0.1, 0.15) is 39.3 Å². The number of nitriles is 1.